The van der Waals surface area contributed by atoms with Crippen LogP contribution in [0.15, 0.2) is 66.7 Å². The highest BCUT2D eigenvalue weighted by Gasteiger charge is 2.32. The largest absolute Gasteiger partial charge is 0.461 e. The Kier molecular flexibility index (Phi) is 7.35. The van der Waals surface area contributed by atoms with E-state index < -0.39 is 11.4 Å². The normalized spacial score (nSPS) is 12.6. The zero-order valence-corrected chi connectivity index (χ0v) is 16.1. The summed E-state index contributed by atoms with van der Waals surface area (Å²) in [5.74, 6) is -0.790. The third kappa shape index (κ3) is 6.41. The van der Waals surface area contributed by atoms with Crippen LogP contribution in [0.4, 0.5) is 0 Å². The second-order valence-corrected chi connectivity index (χ2v) is 7.01. The molecule has 2 rings (SSSR count). The minimum Gasteiger partial charge on any atom is -0.461 e. The van der Waals surface area contributed by atoms with Crippen LogP contribution >= 0.6 is 0 Å². The maximum absolute atomic E-state index is 12.2. The molecule has 0 N–H and O–H groups in total. The average molecular weight is 366 g/mol. The number of benzene rings is 2. The maximum atomic E-state index is 12.2. The molecular weight excluding hydrogens is 340 g/mol. The molecule has 0 aliphatic carbocycles. The lowest BCUT2D eigenvalue weighted by atomic mass is 9.86. The van der Waals surface area contributed by atoms with Gasteiger partial charge in [0.25, 0.3) is 0 Å². The Labute approximate surface area is 160 Å². The Hall–Kier alpha value is -2.88. The number of hydrogen-bond acceptors (Lipinski definition) is 4. The fraction of sp³-hybridized carbons (Fsp3) is 0.304. The fourth-order valence-electron chi connectivity index (χ4n) is 2.71. The van der Waals surface area contributed by atoms with Crippen molar-refractivity contribution in [1.82, 2.24) is 0 Å². The topological polar surface area (TPSA) is 52.6 Å². The first kappa shape index (κ1) is 20.4. The molecule has 1 unspecified atom stereocenters. The van der Waals surface area contributed by atoms with Gasteiger partial charge < -0.3 is 9.47 Å². The SMILES string of the molecule is CCC(OC(=O)/C=C/c1ccccc1)C(C)(C)COC(=O)c1ccccc1. The van der Waals surface area contributed by atoms with Gasteiger partial charge in [0.2, 0.25) is 0 Å². The van der Waals surface area contributed by atoms with Crippen LogP contribution in [0.5, 0.6) is 0 Å². The van der Waals surface area contributed by atoms with E-state index in [1.54, 1.807) is 30.3 Å². The van der Waals surface area contributed by atoms with E-state index in [1.165, 1.54) is 6.08 Å². The molecule has 0 bridgehead atoms. The quantitative estimate of drug-likeness (QED) is 0.492. The summed E-state index contributed by atoms with van der Waals surface area (Å²) < 4.78 is 11.0. The zero-order valence-electron chi connectivity index (χ0n) is 16.1. The molecule has 4 nitrogen and oxygen atoms in total. The van der Waals surface area contributed by atoms with Crippen LogP contribution in [-0.4, -0.2) is 24.6 Å². The highest BCUT2D eigenvalue weighted by molar-refractivity contribution is 5.89. The molecule has 2 aromatic rings. The second-order valence-electron chi connectivity index (χ2n) is 7.01. The van der Waals surface area contributed by atoms with Crippen molar-refractivity contribution in [2.45, 2.75) is 33.3 Å². The predicted molar refractivity (Wildman–Crippen MR) is 106 cm³/mol. The first-order valence-electron chi connectivity index (χ1n) is 9.08. The van der Waals surface area contributed by atoms with E-state index in [4.69, 9.17) is 9.47 Å². The van der Waals surface area contributed by atoms with Crippen molar-refractivity contribution in [2.75, 3.05) is 6.61 Å². The van der Waals surface area contributed by atoms with Gasteiger partial charge in [0.1, 0.15) is 12.7 Å². The van der Waals surface area contributed by atoms with Crippen molar-refractivity contribution in [3.05, 3.63) is 77.9 Å². The van der Waals surface area contributed by atoms with E-state index in [9.17, 15) is 9.59 Å². The third-order valence-corrected chi connectivity index (χ3v) is 4.30. The van der Waals surface area contributed by atoms with E-state index in [1.807, 2.05) is 57.2 Å². The molecular formula is C23H26O4. The Balaban J connectivity index is 1.92. The summed E-state index contributed by atoms with van der Waals surface area (Å²) in [6.45, 7) is 5.95. The van der Waals surface area contributed by atoms with Crippen LogP contribution in [0, 0.1) is 5.41 Å². The number of carbonyl (C=O) groups is 2. The zero-order chi connectivity index (χ0) is 19.7. The van der Waals surface area contributed by atoms with Crippen molar-refractivity contribution in [3.8, 4) is 0 Å². The van der Waals surface area contributed by atoms with Gasteiger partial charge in [0.05, 0.1) is 5.56 Å². The summed E-state index contributed by atoms with van der Waals surface area (Å²) in [7, 11) is 0. The van der Waals surface area contributed by atoms with E-state index in [0.29, 0.717) is 12.0 Å². The summed E-state index contributed by atoms with van der Waals surface area (Å²) in [5, 5.41) is 0. The predicted octanol–water partition coefficient (Wildman–Crippen LogP) is 4.90. The van der Waals surface area contributed by atoms with Crippen LogP contribution in [0.2, 0.25) is 0 Å². The van der Waals surface area contributed by atoms with Gasteiger partial charge in [-0.15, -0.1) is 0 Å². The molecule has 142 valence electrons. The molecule has 2 aromatic carbocycles. The molecule has 1 atom stereocenters. The van der Waals surface area contributed by atoms with Crippen LogP contribution in [0.25, 0.3) is 6.08 Å². The molecule has 0 radical (unpaired) electrons. The minimum absolute atomic E-state index is 0.162. The van der Waals surface area contributed by atoms with Gasteiger partial charge in [0, 0.05) is 11.5 Å². The number of carbonyl (C=O) groups excluding carboxylic acids is 2. The summed E-state index contributed by atoms with van der Waals surface area (Å²) in [6, 6.07) is 18.4. The Morgan fingerprint density at radius 2 is 1.59 bits per heavy atom. The first-order valence-corrected chi connectivity index (χ1v) is 9.08. The van der Waals surface area contributed by atoms with E-state index in [2.05, 4.69) is 0 Å². The number of esters is 2. The molecule has 0 amide bonds. The molecule has 0 aromatic heterocycles. The van der Waals surface area contributed by atoms with Crippen molar-refractivity contribution in [3.63, 3.8) is 0 Å². The van der Waals surface area contributed by atoms with Crippen LogP contribution in [0.3, 0.4) is 0 Å². The van der Waals surface area contributed by atoms with Crippen LogP contribution in [0.1, 0.15) is 43.1 Å². The lowest BCUT2D eigenvalue weighted by Crippen LogP contribution is -2.37. The molecule has 0 aliphatic rings. The van der Waals surface area contributed by atoms with Crippen LogP contribution in [-0.2, 0) is 14.3 Å². The molecule has 0 spiro atoms. The monoisotopic (exact) mass is 366 g/mol. The Morgan fingerprint density at radius 1 is 1.00 bits per heavy atom. The summed E-state index contributed by atoms with van der Waals surface area (Å²) in [5.41, 5.74) is 0.929. The van der Waals surface area contributed by atoms with Crippen molar-refractivity contribution in [2.24, 2.45) is 5.41 Å². The molecule has 0 fully saturated rings. The van der Waals surface area contributed by atoms with Crippen molar-refractivity contribution < 1.29 is 19.1 Å². The smallest absolute Gasteiger partial charge is 0.338 e. The number of hydrogen-bond donors (Lipinski definition) is 0. The van der Waals surface area contributed by atoms with E-state index >= 15 is 0 Å². The highest BCUT2D eigenvalue weighted by Crippen LogP contribution is 2.27. The summed E-state index contributed by atoms with van der Waals surface area (Å²) >= 11 is 0. The van der Waals surface area contributed by atoms with Gasteiger partial charge >= 0.3 is 11.9 Å². The molecule has 27 heavy (non-hydrogen) atoms. The lowest BCUT2D eigenvalue weighted by Gasteiger charge is -2.32. The molecule has 0 saturated heterocycles. The number of rotatable bonds is 8. The van der Waals surface area contributed by atoms with Gasteiger partial charge in [-0.05, 0) is 30.2 Å². The Morgan fingerprint density at radius 3 is 2.19 bits per heavy atom. The minimum atomic E-state index is -0.505. The highest BCUT2D eigenvalue weighted by atomic mass is 16.6. The molecule has 4 heteroatoms. The van der Waals surface area contributed by atoms with Gasteiger partial charge in [-0.25, -0.2) is 9.59 Å². The summed E-state index contributed by atoms with van der Waals surface area (Å²) in [4.78, 5) is 24.3. The maximum Gasteiger partial charge on any atom is 0.338 e. The lowest BCUT2D eigenvalue weighted by molar-refractivity contribution is -0.151. The summed E-state index contributed by atoms with van der Waals surface area (Å²) in [6.07, 6.45) is 3.40. The van der Waals surface area contributed by atoms with E-state index in [-0.39, 0.29) is 18.7 Å². The third-order valence-electron chi connectivity index (χ3n) is 4.30. The molecule has 0 saturated carbocycles. The second kappa shape index (κ2) is 9.72. The van der Waals surface area contributed by atoms with Gasteiger partial charge in [-0.1, -0.05) is 69.3 Å². The number of ether oxygens (including phenoxy) is 2. The van der Waals surface area contributed by atoms with Gasteiger partial charge in [-0.2, -0.15) is 0 Å². The van der Waals surface area contributed by atoms with Crippen LogP contribution < -0.4 is 0 Å². The molecule has 0 aliphatic heterocycles. The standard InChI is InChI=1S/C23H26O4/c1-4-20(27-21(24)16-15-18-11-7-5-8-12-18)23(2,3)17-26-22(25)19-13-9-6-10-14-19/h5-16,20H,4,17H2,1-3H3/b16-15+. The first-order chi connectivity index (χ1) is 12.9. The average Bonchev–Trinajstić information content (AvgIpc) is 2.70. The Bertz CT molecular complexity index is 763. The van der Waals surface area contributed by atoms with Crippen molar-refractivity contribution in [1.29, 1.82) is 0 Å². The fourth-order valence-corrected chi connectivity index (χ4v) is 2.71. The molecule has 0 heterocycles. The van der Waals surface area contributed by atoms with Crippen molar-refractivity contribution >= 4 is 18.0 Å². The van der Waals surface area contributed by atoms with E-state index in [0.717, 1.165) is 5.56 Å². The van der Waals surface area contributed by atoms with Gasteiger partial charge in [0.15, 0.2) is 0 Å². The van der Waals surface area contributed by atoms with Gasteiger partial charge in [-0.3, -0.25) is 0 Å².